The largest absolute Gasteiger partial charge is 0.506 e. The first-order chi connectivity index (χ1) is 13.9. The number of ketones is 1. The molecule has 1 aliphatic rings. The van der Waals surface area contributed by atoms with E-state index in [1.807, 2.05) is 30.3 Å². The highest BCUT2D eigenvalue weighted by Gasteiger charge is 2.43. The fraction of sp³-hybridized carbons (Fsp3) is 0.273. The number of carbonyl (C=O) groups is 2. The number of amides is 1. The number of methoxy groups -OCH3 is 1. The molecule has 1 unspecified atom stereocenters. The molecular weight excluding hydrogens is 394 g/mol. The molecule has 0 radical (unpaired) electrons. The highest BCUT2D eigenvalue weighted by atomic mass is 35.5. The number of aliphatic hydroxyl groups is 1. The number of phenols is 1. The van der Waals surface area contributed by atoms with Crippen molar-refractivity contribution in [1.82, 2.24) is 4.90 Å². The van der Waals surface area contributed by atoms with Gasteiger partial charge in [0, 0.05) is 20.1 Å². The molecule has 0 saturated carbocycles. The van der Waals surface area contributed by atoms with Gasteiger partial charge in [-0.3, -0.25) is 9.59 Å². The van der Waals surface area contributed by atoms with E-state index in [9.17, 15) is 19.8 Å². The van der Waals surface area contributed by atoms with Gasteiger partial charge in [0.15, 0.2) is 11.5 Å². The number of rotatable bonds is 8. The Morgan fingerprint density at radius 3 is 2.55 bits per heavy atom. The molecule has 6 nitrogen and oxygen atoms in total. The van der Waals surface area contributed by atoms with Crippen LogP contribution in [-0.2, 0) is 20.7 Å². The number of phenolic OH excluding ortho intramolecular Hbond substituents is 1. The van der Waals surface area contributed by atoms with Gasteiger partial charge in [-0.05, 0) is 29.7 Å². The minimum Gasteiger partial charge on any atom is -0.506 e. The number of hydrogen-bond acceptors (Lipinski definition) is 5. The van der Waals surface area contributed by atoms with Crippen molar-refractivity contribution in [3.05, 3.63) is 76.0 Å². The third kappa shape index (κ3) is 4.44. The molecule has 0 fully saturated rings. The van der Waals surface area contributed by atoms with Crippen molar-refractivity contribution in [2.24, 2.45) is 0 Å². The second-order valence-electron chi connectivity index (χ2n) is 6.78. The number of hydrogen-bond donors (Lipinski definition) is 2. The van der Waals surface area contributed by atoms with Crippen molar-refractivity contribution in [2.75, 3.05) is 20.3 Å². The zero-order chi connectivity index (χ0) is 21.0. The maximum atomic E-state index is 13.0. The van der Waals surface area contributed by atoms with Gasteiger partial charge < -0.3 is 19.8 Å². The van der Waals surface area contributed by atoms with Crippen LogP contribution in [0.4, 0.5) is 0 Å². The van der Waals surface area contributed by atoms with E-state index in [4.69, 9.17) is 16.3 Å². The smallest absolute Gasteiger partial charge is 0.290 e. The Morgan fingerprint density at radius 1 is 1.17 bits per heavy atom. The quantitative estimate of drug-likeness (QED) is 0.688. The van der Waals surface area contributed by atoms with Crippen LogP contribution in [0.1, 0.15) is 23.6 Å². The number of halogens is 1. The SMILES string of the molecule is COCCN1C(=O)C(O)=C(C(=O)CCc2ccccc2)C1c1ccc(O)c(Cl)c1. The van der Waals surface area contributed by atoms with E-state index in [2.05, 4.69) is 0 Å². The van der Waals surface area contributed by atoms with Crippen molar-refractivity contribution < 1.29 is 24.5 Å². The van der Waals surface area contributed by atoms with Crippen molar-refractivity contribution in [1.29, 1.82) is 0 Å². The van der Waals surface area contributed by atoms with Crippen LogP contribution in [0.3, 0.4) is 0 Å². The number of aryl methyl sites for hydroxylation is 1. The first-order valence-electron chi connectivity index (χ1n) is 9.22. The van der Waals surface area contributed by atoms with Gasteiger partial charge >= 0.3 is 0 Å². The molecule has 1 atom stereocenters. The maximum absolute atomic E-state index is 13.0. The normalized spacial score (nSPS) is 16.6. The van der Waals surface area contributed by atoms with Gasteiger partial charge in [0.2, 0.25) is 0 Å². The topological polar surface area (TPSA) is 87.1 Å². The predicted molar refractivity (Wildman–Crippen MR) is 109 cm³/mol. The Bertz CT molecular complexity index is 941. The lowest BCUT2D eigenvalue weighted by molar-refractivity contribution is -0.130. The summed E-state index contributed by atoms with van der Waals surface area (Å²) in [6.07, 6.45) is 0.642. The van der Waals surface area contributed by atoms with Gasteiger partial charge in [-0.15, -0.1) is 0 Å². The number of benzene rings is 2. The molecule has 2 N–H and O–H groups in total. The molecule has 1 heterocycles. The van der Waals surface area contributed by atoms with E-state index in [1.54, 1.807) is 6.07 Å². The highest BCUT2D eigenvalue weighted by Crippen LogP contribution is 2.40. The van der Waals surface area contributed by atoms with Gasteiger partial charge in [-0.25, -0.2) is 0 Å². The van der Waals surface area contributed by atoms with Gasteiger partial charge in [-0.2, -0.15) is 0 Å². The molecule has 1 amide bonds. The molecule has 0 aromatic heterocycles. The fourth-order valence-corrected chi connectivity index (χ4v) is 3.62. The molecule has 2 aromatic rings. The van der Waals surface area contributed by atoms with E-state index >= 15 is 0 Å². The van der Waals surface area contributed by atoms with E-state index in [0.717, 1.165) is 5.56 Å². The first-order valence-corrected chi connectivity index (χ1v) is 9.60. The summed E-state index contributed by atoms with van der Waals surface area (Å²) in [4.78, 5) is 27.1. The minimum absolute atomic E-state index is 0.0452. The molecule has 3 rings (SSSR count). The molecule has 2 aromatic carbocycles. The van der Waals surface area contributed by atoms with Crippen LogP contribution >= 0.6 is 11.6 Å². The lowest BCUT2D eigenvalue weighted by atomic mass is 9.93. The summed E-state index contributed by atoms with van der Waals surface area (Å²) >= 11 is 6.04. The summed E-state index contributed by atoms with van der Waals surface area (Å²) in [6, 6.07) is 13.2. The van der Waals surface area contributed by atoms with Crippen LogP contribution in [0.15, 0.2) is 59.9 Å². The number of aromatic hydroxyl groups is 1. The number of ether oxygens (including phenoxy) is 1. The standard InChI is InChI=1S/C22H22ClNO5/c1-29-12-11-24-20(15-8-10-17(25)16(23)13-15)19(21(27)22(24)28)18(26)9-7-14-5-3-2-4-6-14/h2-6,8,10,13,20,25,27H,7,9,11-12H2,1H3. The first kappa shape index (κ1) is 20.9. The summed E-state index contributed by atoms with van der Waals surface area (Å²) in [5, 5.41) is 20.3. The summed E-state index contributed by atoms with van der Waals surface area (Å²) in [6.45, 7) is 0.435. The zero-order valence-electron chi connectivity index (χ0n) is 16.0. The average molecular weight is 416 g/mol. The number of Topliss-reactive ketones (excluding diaryl/α,β-unsaturated/α-hetero) is 1. The minimum atomic E-state index is -0.793. The van der Waals surface area contributed by atoms with Crippen molar-refractivity contribution in [3.8, 4) is 5.75 Å². The summed E-state index contributed by atoms with van der Waals surface area (Å²) in [5.41, 5.74) is 1.57. The van der Waals surface area contributed by atoms with Crippen LogP contribution in [0.2, 0.25) is 5.02 Å². The summed E-state index contributed by atoms with van der Waals surface area (Å²) in [5.74, 6) is -1.59. The molecule has 0 bridgehead atoms. The van der Waals surface area contributed by atoms with E-state index in [-0.39, 0.29) is 41.7 Å². The molecule has 0 spiro atoms. The van der Waals surface area contributed by atoms with Crippen LogP contribution in [0.5, 0.6) is 5.75 Å². The fourth-order valence-electron chi connectivity index (χ4n) is 3.44. The Morgan fingerprint density at radius 2 is 1.90 bits per heavy atom. The van der Waals surface area contributed by atoms with Crippen LogP contribution in [0, 0.1) is 0 Å². The van der Waals surface area contributed by atoms with Crippen molar-refractivity contribution >= 4 is 23.3 Å². The Labute approximate surface area is 174 Å². The third-order valence-electron chi connectivity index (χ3n) is 4.91. The lowest BCUT2D eigenvalue weighted by Crippen LogP contribution is -2.34. The molecule has 1 aliphatic heterocycles. The molecule has 0 aliphatic carbocycles. The maximum Gasteiger partial charge on any atom is 0.290 e. The third-order valence-corrected chi connectivity index (χ3v) is 5.21. The Hall–Kier alpha value is -2.83. The number of nitrogens with zero attached hydrogens (tertiary/aromatic N) is 1. The van der Waals surface area contributed by atoms with Crippen LogP contribution in [-0.4, -0.2) is 47.1 Å². The molecule has 7 heteroatoms. The number of carbonyl (C=O) groups excluding carboxylic acids is 2. The Kier molecular flexibility index (Phi) is 6.56. The van der Waals surface area contributed by atoms with E-state index in [1.165, 1.54) is 24.1 Å². The second-order valence-corrected chi connectivity index (χ2v) is 7.18. The van der Waals surface area contributed by atoms with Gasteiger partial charge in [-0.1, -0.05) is 48.0 Å². The van der Waals surface area contributed by atoms with Gasteiger partial charge in [0.05, 0.1) is 23.2 Å². The lowest BCUT2D eigenvalue weighted by Gasteiger charge is -2.26. The highest BCUT2D eigenvalue weighted by molar-refractivity contribution is 6.32. The molecule has 152 valence electrons. The van der Waals surface area contributed by atoms with Crippen molar-refractivity contribution in [2.45, 2.75) is 18.9 Å². The number of aliphatic hydroxyl groups excluding tert-OH is 1. The molecular formula is C22H22ClNO5. The molecule has 29 heavy (non-hydrogen) atoms. The second kappa shape index (κ2) is 9.11. The van der Waals surface area contributed by atoms with Crippen LogP contribution < -0.4 is 0 Å². The summed E-state index contributed by atoms with van der Waals surface area (Å²) < 4.78 is 5.07. The van der Waals surface area contributed by atoms with Crippen LogP contribution in [0.25, 0.3) is 0 Å². The van der Waals surface area contributed by atoms with E-state index < -0.39 is 17.7 Å². The predicted octanol–water partition coefficient (Wildman–Crippen LogP) is 3.59. The Balaban J connectivity index is 1.93. The monoisotopic (exact) mass is 415 g/mol. The zero-order valence-corrected chi connectivity index (χ0v) is 16.7. The molecule has 0 saturated heterocycles. The van der Waals surface area contributed by atoms with Gasteiger partial charge in [0.1, 0.15) is 5.75 Å². The summed E-state index contributed by atoms with van der Waals surface area (Å²) in [7, 11) is 1.51. The van der Waals surface area contributed by atoms with Gasteiger partial charge in [0.25, 0.3) is 5.91 Å². The van der Waals surface area contributed by atoms with Crippen molar-refractivity contribution in [3.63, 3.8) is 0 Å². The average Bonchev–Trinajstić information content (AvgIpc) is 2.98. The van der Waals surface area contributed by atoms with E-state index in [0.29, 0.717) is 12.0 Å².